The van der Waals surface area contributed by atoms with E-state index >= 15 is 0 Å². The molecule has 1 nitrogen and oxygen atoms in total. The fourth-order valence-corrected chi connectivity index (χ4v) is 1.79. The number of methoxy groups -OCH3 is 1. The first-order valence-electron chi connectivity index (χ1n) is 4.02. The summed E-state index contributed by atoms with van der Waals surface area (Å²) in [5.41, 5.74) is 2.65. The van der Waals surface area contributed by atoms with Gasteiger partial charge in [-0.1, -0.05) is 6.92 Å². The zero-order chi connectivity index (χ0) is 9.14. The minimum atomic E-state index is 0.907. The maximum absolute atomic E-state index is 5.18. The lowest BCUT2D eigenvalue weighted by Gasteiger charge is -2.08. The average Bonchev–Trinajstić information content (AvgIpc) is 2.08. The van der Waals surface area contributed by atoms with Gasteiger partial charge in [0, 0.05) is 0 Å². The summed E-state index contributed by atoms with van der Waals surface area (Å²) >= 11 is 3.46. The summed E-state index contributed by atoms with van der Waals surface area (Å²) < 4.78 is 6.21. The van der Waals surface area contributed by atoms with Crippen molar-refractivity contribution in [2.24, 2.45) is 0 Å². The fraction of sp³-hybridized carbons (Fsp3) is 0.400. The molecule has 66 valence electrons. The SMILES string of the molecule is CCc1cc(Br)c(OC)cc1C. The Labute approximate surface area is 81.9 Å². The maximum atomic E-state index is 5.18. The van der Waals surface area contributed by atoms with Crippen LogP contribution in [0.3, 0.4) is 0 Å². The molecule has 1 rings (SSSR count). The van der Waals surface area contributed by atoms with Gasteiger partial charge in [0.2, 0.25) is 0 Å². The zero-order valence-electron chi connectivity index (χ0n) is 7.65. The molecule has 0 saturated carbocycles. The van der Waals surface area contributed by atoms with Gasteiger partial charge in [-0.05, 0) is 52.5 Å². The van der Waals surface area contributed by atoms with Gasteiger partial charge in [0.25, 0.3) is 0 Å². The van der Waals surface area contributed by atoms with Gasteiger partial charge in [-0.15, -0.1) is 0 Å². The topological polar surface area (TPSA) is 9.23 Å². The molecule has 0 bridgehead atoms. The third-order valence-corrected chi connectivity index (χ3v) is 2.61. The van der Waals surface area contributed by atoms with E-state index in [0.717, 1.165) is 16.6 Å². The number of aryl methyl sites for hydroxylation is 2. The van der Waals surface area contributed by atoms with E-state index < -0.39 is 0 Å². The molecule has 2 heteroatoms. The van der Waals surface area contributed by atoms with Gasteiger partial charge in [0.15, 0.2) is 0 Å². The summed E-state index contributed by atoms with van der Waals surface area (Å²) in [5, 5.41) is 0. The molecule has 0 aliphatic rings. The highest BCUT2D eigenvalue weighted by molar-refractivity contribution is 9.10. The van der Waals surface area contributed by atoms with Crippen molar-refractivity contribution in [3.05, 3.63) is 27.7 Å². The Bertz CT molecular complexity index is 252. The number of benzene rings is 1. The summed E-state index contributed by atoms with van der Waals surface area (Å²) in [6.07, 6.45) is 1.06. The van der Waals surface area contributed by atoms with E-state index in [1.54, 1.807) is 7.11 Å². The number of hydrogen-bond acceptors (Lipinski definition) is 1. The van der Waals surface area contributed by atoms with Gasteiger partial charge in [0.1, 0.15) is 5.75 Å². The van der Waals surface area contributed by atoms with E-state index in [1.807, 2.05) is 0 Å². The molecular weight excluding hydrogens is 216 g/mol. The van der Waals surface area contributed by atoms with Crippen molar-refractivity contribution >= 4 is 15.9 Å². The van der Waals surface area contributed by atoms with E-state index in [9.17, 15) is 0 Å². The van der Waals surface area contributed by atoms with Gasteiger partial charge in [-0.25, -0.2) is 0 Å². The van der Waals surface area contributed by atoms with Crippen molar-refractivity contribution in [2.75, 3.05) is 7.11 Å². The van der Waals surface area contributed by atoms with E-state index in [0.29, 0.717) is 0 Å². The Hall–Kier alpha value is -0.500. The third-order valence-electron chi connectivity index (χ3n) is 1.99. The number of ether oxygens (including phenoxy) is 1. The highest BCUT2D eigenvalue weighted by Crippen LogP contribution is 2.28. The quantitative estimate of drug-likeness (QED) is 0.755. The molecule has 0 fully saturated rings. The molecule has 1 aromatic carbocycles. The van der Waals surface area contributed by atoms with E-state index in [1.165, 1.54) is 11.1 Å². The van der Waals surface area contributed by atoms with Gasteiger partial charge in [0.05, 0.1) is 11.6 Å². The number of hydrogen-bond donors (Lipinski definition) is 0. The molecule has 0 heterocycles. The van der Waals surface area contributed by atoms with Crippen molar-refractivity contribution in [1.29, 1.82) is 0 Å². The Morgan fingerprint density at radius 3 is 2.58 bits per heavy atom. The standard InChI is InChI=1S/C10H13BrO/c1-4-8-6-9(11)10(12-3)5-7(8)2/h5-6H,4H2,1-3H3. The fourth-order valence-electron chi connectivity index (χ4n) is 1.23. The van der Waals surface area contributed by atoms with Gasteiger partial charge < -0.3 is 4.74 Å². The van der Waals surface area contributed by atoms with Gasteiger partial charge in [-0.3, -0.25) is 0 Å². The molecule has 0 atom stereocenters. The van der Waals surface area contributed by atoms with Crippen molar-refractivity contribution in [3.63, 3.8) is 0 Å². The molecule has 0 aliphatic carbocycles. The van der Waals surface area contributed by atoms with Crippen molar-refractivity contribution in [3.8, 4) is 5.75 Å². The second kappa shape index (κ2) is 3.94. The molecule has 0 radical (unpaired) electrons. The first-order valence-corrected chi connectivity index (χ1v) is 4.81. The van der Waals surface area contributed by atoms with Crippen molar-refractivity contribution < 1.29 is 4.74 Å². The van der Waals surface area contributed by atoms with Crippen LogP contribution in [0.15, 0.2) is 16.6 Å². The van der Waals surface area contributed by atoms with Crippen LogP contribution in [0.2, 0.25) is 0 Å². The van der Waals surface area contributed by atoms with Crippen molar-refractivity contribution in [1.82, 2.24) is 0 Å². The van der Waals surface area contributed by atoms with Crippen LogP contribution in [-0.4, -0.2) is 7.11 Å². The van der Waals surface area contributed by atoms with Crippen LogP contribution in [0.4, 0.5) is 0 Å². The normalized spacial score (nSPS) is 10.0. The third kappa shape index (κ3) is 1.81. The Balaban J connectivity index is 3.16. The summed E-state index contributed by atoms with van der Waals surface area (Å²) in [6.45, 7) is 4.26. The second-order valence-electron chi connectivity index (χ2n) is 2.77. The van der Waals surface area contributed by atoms with E-state index in [4.69, 9.17) is 4.74 Å². The smallest absolute Gasteiger partial charge is 0.133 e. The Morgan fingerprint density at radius 1 is 1.42 bits per heavy atom. The first-order chi connectivity index (χ1) is 5.69. The Morgan fingerprint density at radius 2 is 2.08 bits per heavy atom. The lowest BCUT2D eigenvalue weighted by Crippen LogP contribution is -1.90. The highest BCUT2D eigenvalue weighted by atomic mass is 79.9. The molecule has 0 amide bonds. The summed E-state index contributed by atoms with van der Waals surface area (Å²) in [5.74, 6) is 0.907. The average molecular weight is 229 g/mol. The van der Waals surface area contributed by atoms with Gasteiger partial charge >= 0.3 is 0 Å². The number of rotatable bonds is 2. The number of halogens is 1. The van der Waals surface area contributed by atoms with E-state index in [2.05, 4.69) is 41.9 Å². The largest absolute Gasteiger partial charge is 0.496 e. The molecular formula is C10H13BrO. The maximum Gasteiger partial charge on any atom is 0.133 e. The van der Waals surface area contributed by atoms with Crippen LogP contribution in [0.25, 0.3) is 0 Å². The molecule has 0 aliphatic heterocycles. The van der Waals surface area contributed by atoms with Crippen molar-refractivity contribution in [2.45, 2.75) is 20.3 Å². The summed E-state index contributed by atoms with van der Waals surface area (Å²) in [6, 6.07) is 4.18. The molecule has 0 N–H and O–H groups in total. The molecule has 1 aromatic rings. The Kier molecular flexibility index (Phi) is 3.15. The molecule has 0 saturated heterocycles. The predicted octanol–water partition coefficient (Wildman–Crippen LogP) is 3.33. The van der Waals surface area contributed by atoms with E-state index in [-0.39, 0.29) is 0 Å². The first kappa shape index (κ1) is 9.59. The van der Waals surface area contributed by atoms with Crippen LogP contribution >= 0.6 is 15.9 Å². The predicted molar refractivity (Wildman–Crippen MR) is 54.8 cm³/mol. The van der Waals surface area contributed by atoms with Crippen LogP contribution in [-0.2, 0) is 6.42 Å². The molecule has 12 heavy (non-hydrogen) atoms. The van der Waals surface area contributed by atoms with Crippen LogP contribution in [0, 0.1) is 6.92 Å². The molecule has 0 spiro atoms. The lowest BCUT2D eigenvalue weighted by molar-refractivity contribution is 0.411. The second-order valence-corrected chi connectivity index (χ2v) is 3.62. The lowest BCUT2D eigenvalue weighted by atomic mass is 10.1. The summed E-state index contributed by atoms with van der Waals surface area (Å²) in [4.78, 5) is 0. The zero-order valence-corrected chi connectivity index (χ0v) is 9.23. The monoisotopic (exact) mass is 228 g/mol. The molecule has 0 aromatic heterocycles. The van der Waals surface area contributed by atoms with Crippen LogP contribution < -0.4 is 4.74 Å². The highest BCUT2D eigenvalue weighted by Gasteiger charge is 2.03. The van der Waals surface area contributed by atoms with Crippen LogP contribution in [0.1, 0.15) is 18.1 Å². The summed E-state index contributed by atoms with van der Waals surface area (Å²) in [7, 11) is 1.69. The molecule has 0 unspecified atom stereocenters. The minimum Gasteiger partial charge on any atom is -0.496 e. The van der Waals surface area contributed by atoms with Gasteiger partial charge in [-0.2, -0.15) is 0 Å². The van der Waals surface area contributed by atoms with Crippen LogP contribution in [0.5, 0.6) is 5.75 Å². The minimum absolute atomic E-state index is 0.907.